The normalized spacial score (nSPS) is 11.6. The summed E-state index contributed by atoms with van der Waals surface area (Å²) in [5, 5.41) is 18.0. The van der Waals surface area contributed by atoms with Crippen LogP contribution in [0.5, 0.6) is 0 Å². The second-order valence-corrected chi connectivity index (χ2v) is 5.99. The van der Waals surface area contributed by atoms with Gasteiger partial charge in [0.1, 0.15) is 0 Å². The average Bonchev–Trinajstić information content (AvgIpc) is 2.49. The predicted octanol–water partition coefficient (Wildman–Crippen LogP) is 4.95. The van der Waals surface area contributed by atoms with Gasteiger partial charge in [0, 0.05) is 17.2 Å². The molecule has 2 aromatic rings. The molecule has 2 aromatic carbocycles. The smallest absolute Gasteiger partial charge is 0.271 e. The molecule has 0 bridgehead atoms. The van der Waals surface area contributed by atoms with Gasteiger partial charge in [-0.05, 0) is 36.8 Å². The van der Waals surface area contributed by atoms with E-state index in [1.54, 1.807) is 6.07 Å². The number of hydrogen-bond acceptors (Lipinski definition) is 3. The number of rotatable bonds is 4. The van der Waals surface area contributed by atoms with Gasteiger partial charge >= 0.3 is 0 Å². The minimum Gasteiger partial charge on any atom is -0.356 e. The maximum Gasteiger partial charge on any atom is 0.271 e. The van der Waals surface area contributed by atoms with Crippen molar-refractivity contribution in [3.8, 4) is 0 Å². The van der Waals surface area contributed by atoms with Crippen LogP contribution >= 0.6 is 35.4 Å². The lowest BCUT2D eigenvalue weighted by Gasteiger charge is -2.18. The highest BCUT2D eigenvalue weighted by Gasteiger charge is 2.13. The van der Waals surface area contributed by atoms with Crippen LogP contribution in [0, 0.1) is 10.1 Å². The molecular weight excluding hydrogens is 357 g/mol. The number of nitro groups is 1. The van der Waals surface area contributed by atoms with Gasteiger partial charge in [-0.1, -0.05) is 41.4 Å². The van der Waals surface area contributed by atoms with Crippen molar-refractivity contribution >= 4 is 51.9 Å². The Labute approximate surface area is 148 Å². The molecule has 8 heteroatoms. The van der Waals surface area contributed by atoms with Gasteiger partial charge in [-0.15, -0.1) is 0 Å². The molecule has 120 valence electrons. The number of thiocarbonyl (C=S) groups is 1. The summed E-state index contributed by atoms with van der Waals surface area (Å²) in [6, 6.07) is 11.4. The van der Waals surface area contributed by atoms with E-state index in [9.17, 15) is 10.1 Å². The highest BCUT2D eigenvalue weighted by molar-refractivity contribution is 7.80. The van der Waals surface area contributed by atoms with Crippen LogP contribution in [-0.2, 0) is 0 Å². The quantitative estimate of drug-likeness (QED) is 0.453. The molecular formula is C15H13Cl2N3O2S. The first-order chi connectivity index (χ1) is 10.9. The van der Waals surface area contributed by atoms with Gasteiger partial charge in [0.2, 0.25) is 0 Å². The van der Waals surface area contributed by atoms with Crippen LogP contribution < -0.4 is 10.6 Å². The molecule has 0 aliphatic carbocycles. The van der Waals surface area contributed by atoms with E-state index in [-0.39, 0.29) is 11.7 Å². The molecule has 0 saturated carbocycles. The maximum absolute atomic E-state index is 10.8. The van der Waals surface area contributed by atoms with Crippen molar-refractivity contribution in [2.24, 2.45) is 0 Å². The summed E-state index contributed by atoms with van der Waals surface area (Å²) in [7, 11) is 0. The lowest BCUT2D eigenvalue weighted by molar-refractivity contribution is -0.384. The van der Waals surface area contributed by atoms with Crippen LogP contribution in [0.4, 0.5) is 11.4 Å². The zero-order valence-electron chi connectivity index (χ0n) is 12.0. The van der Waals surface area contributed by atoms with Crippen LogP contribution in [0.25, 0.3) is 0 Å². The van der Waals surface area contributed by atoms with Crippen molar-refractivity contribution in [1.82, 2.24) is 5.32 Å². The summed E-state index contributed by atoms with van der Waals surface area (Å²) in [6.07, 6.45) is 0. The Morgan fingerprint density at radius 1 is 1.22 bits per heavy atom. The first kappa shape index (κ1) is 17.5. The first-order valence-electron chi connectivity index (χ1n) is 6.64. The van der Waals surface area contributed by atoms with Gasteiger partial charge in [-0.25, -0.2) is 0 Å². The lowest BCUT2D eigenvalue weighted by atomic mass is 10.1. The number of non-ortho nitro benzene ring substituents is 1. The van der Waals surface area contributed by atoms with E-state index < -0.39 is 4.92 Å². The van der Waals surface area contributed by atoms with E-state index in [0.717, 1.165) is 5.56 Å². The minimum atomic E-state index is -0.496. The van der Waals surface area contributed by atoms with Crippen LogP contribution in [0.2, 0.25) is 10.0 Å². The number of anilines is 1. The van der Waals surface area contributed by atoms with Crippen molar-refractivity contribution < 1.29 is 4.92 Å². The Balaban J connectivity index is 2.09. The van der Waals surface area contributed by atoms with E-state index in [4.69, 9.17) is 35.4 Å². The maximum atomic E-state index is 10.8. The molecule has 5 nitrogen and oxygen atoms in total. The summed E-state index contributed by atoms with van der Waals surface area (Å²) < 4.78 is 0. The van der Waals surface area contributed by atoms with E-state index >= 15 is 0 Å². The number of nitrogens with one attached hydrogen (secondary N) is 2. The Bertz CT molecular complexity index is 755. The highest BCUT2D eigenvalue weighted by atomic mass is 35.5. The van der Waals surface area contributed by atoms with Gasteiger partial charge in [-0.3, -0.25) is 10.1 Å². The van der Waals surface area contributed by atoms with Gasteiger partial charge < -0.3 is 10.6 Å². The SMILES string of the molecule is C[C@@H](NC(=S)Nc1cc([N+](=O)[O-])ccc1Cl)c1ccccc1Cl. The number of hydrogen-bond donors (Lipinski definition) is 2. The zero-order chi connectivity index (χ0) is 17.0. The van der Waals surface area contributed by atoms with Crippen molar-refractivity contribution in [3.63, 3.8) is 0 Å². The Kier molecular flexibility index (Phi) is 5.76. The van der Waals surface area contributed by atoms with E-state index in [2.05, 4.69) is 10.6 Å². The molecule has 0 fully saturated rings. The second kappa shape index (κ2) is 7.59. The molecule has 0 spiro atoms. The van der Waals surface area contributed by atoms with Crippen LogP contribution in [0.1, 0.15) is 18.5 Å². The van der Waals surface area contributed by atoms with E-state index in [1.807, 2.05) is 25.1 Å². The van der Waals surface area contributed by atoms with E-state index in [1.165, 1.54) is 18.2 Å². The third kappa shape index (κ3) is 4.54. The second-order valence-electron chi connectivity index (χ2n) is 4.76. The molecule has 0 amide bonds. The molecule has 0 saturated heterocycles. The largest absolute Gasteiger partial charge is 0.356 e. The summed E-state index contributed by atoms with van der Waals surface area (Å²) >= 11 is 17.4. The fourth-order valence-electron chi connectivity index (χ4n) is 1.98. The fraction of sp³-hybridized carbons (Fsp3) is 0.133. The Morgan fingerprint density at radius 3 is 2.57 bits per heavy atom. The highest BCUT2D eigenvalue weighted by Crippen LogP contribution is 2.27. The molecule has 1 atom stereocenters. The van der Waals surface area contributed by atoms with Crippen molar-refractivity contribution in [2.75, 3.05) is 5.32 Å². The van der Waals surface area contributed by atoms with E-state index in [0.29, 0.717) is 20.8 Å². The molecule has 0 aliphatic heterocycles. The monoisotopic (exact) mass is 369 g/mol. The molecule has 0 heterocycles. The molecule has 2 N–H and O–H groups in total. The standard InChI is InChI=1S/C15H13Cl2N3O2S/c1-9(11-4-2-3-5-12(11)16)18-15(23)19-14-8-10(20(21)22)6-7-13(14)17/h2-9H,1H3,(H2,18,19,23)/t9-/m1/s1. The van der Waals surface area contributed by atoms with Crippen LogP contribution in [0.15, 0.2) is 42.5 Å². The third-order valence-electron chi connectivity index (χ3n) is 3.13. The molecule has 2 rings (SSSR count). The van der Waals surface area contributed by atoms with Crippen LogP contribution in [-0.4, -0.2) is 10.0 Å². The summed E-state index contributed by atoms with van der Waals surface area (Å²) in [5.41, 5.74) is 1.19. The molecule has 0 aromatic heterocycles. The summed E-state index contributed by atoms with van der Waals surface area (Å²) in [5.74, 6) is 0. The average molecular weight is 370 g/mol. The van der Waals surface area contributed by atoms with Gasteiger partial charge in [0.15, 0.2) is 5.11 Å². The van der Waals surface area contributed by atoms with Crippen molar-refractivity contribution in [1.29, 1.82) is 0 Å². The molecule has 23 heavy (non-hydrogen) atoms. The molecule has 0 aliphatic rings. The van der Waals surface area contributed by atoms with Crippen molar-refractivity contribution in [3.05, 3.63) is 68.2 Å². The molecule has 0 radical (unpaired) electrons. The van der Waals surface area contributed by atoms with Gasteiger partial charge in [0.25, 0.3) is 5.69 Å². The first-order valence-corrected chi connectivity index (χ1v) is 7.81. The topological polar surface area (TPSA) is 67.2 Å². The summed E-state index contributed by atoms with van der Waals surface area (Å²) in [6.45, 7) is 1.91. The predicted molar refractivity (Wildman–Crippen MR) is 97.3 cm³/mol. The zero-order valence-corrected chi connectivity index (χ0v) is 14.4. The Morgan fingerprint density at radius 2 is 1.91 bits per heavy atom. The number of benzene rings is 2. The van der Waals surface area contributed by atoms with Crippen LogP contribution in [0.3, 0.4) is 0 Å². The minimum absolute atomic E-state index is 0.0705. The number of halogens is 2. The number of nitrogens with zero attached hydrogens (tertiary/aromatic N) is 1. The van der Waals surface area contributed by atoms with Gasteiger partial charge in [-0.2, -0.15) is 0 Å². The lowest BCUT2D eigenvalue weighted by Crippen LogP contribution is -2.31. The van der Waals surface area contributed by atoms with Gasteiger partial charge in [0.05, 0.1) is 21.7 Å². The van der Waals surface area contributed by atoms with Crippen molar-refractivity contribution in [2.45, 2.75) is 13.0 Å². The number of nitro benzene ring substituents is 1. The fourth-order valence-corrected chi connectivity index (χ4v) is 2.73. The Hall–Kier alpha value is -1.89. The summed E-state index contributed by atoms with van der Waals surface area (Å²) in [4.78, 5) is 10.3. The molecule has 0 unspecified atom stereocenters. The third-order valence-corrected chi connectivity index (χ3v) is 4.02.